The number of hydrogen-bond acceptors (Lipinski definition) is 2. The zero-order chi connectivity index (χ0) is 12.5. The van der Waals surface area contributed by atoms with Crippen LogP contribution in [0.5, 0.6) is 0 Å². The lowest BCUT2D eigenvalue weighted by atomic mass is 9.89. The number of benzene rings is 1. The van der Waals surface area contributed by atoms with Gasteiger partial charge in [0.25, 0.3) is 0 Å². The molecule has 1 aliphatic carbocycles. The Morgan fingerprint density at radius 1 is 1.18 bits per heavy atom. The van der Waals surface area contributed by atoms with Crippen LogP contribution in [0.3, 0.4) is 0 Å². The van der Waals surface area contributed by atoms with E-state index in [0.717, 1.165) is 31.2 Å². The maximum Gasteiger partial charge on any atom is 0.0908 e. The van der Waals surface area contributed by atoms with E-state index in [0.29, 0.717) is 6.42 Å². The number of aliphatic hydroxyl groups excluding tert-OH is 1. The molecule has 0 spiro atoms. The van der Waals surface area contributed by atoms with Gasteiger partial charge in [-0.3, -0.25) is 0 Å². The number of aliphatic hydroxyl groups is 2. The molecule has 0 radical (unpaired) electrons. The molecule has 0 heterocycles. The second-order valence-corrected chi connectivity index (χ2v) is 5.45. The molecule has 2 N–H and O–H groups in total. The highest BCUT2D eigenvalue weighted by Gasteiger charge is 2.38. The summed E-state index contributed by atoms with van der Waals surface area (Å²) in [4.78, 5) is 0. The zero-order valence-corrected chi connectivity index (χ0v) is 10.7. The lowest BCUT2D eigenvalue weighted by Crippen LogP contribution is -2.40. The highest BCUT2D eigenvalue weighted by Crippen LogP contribution is 2.33. The second kappa shape index (κ2) is 4.79. The third-order valence-corrected chi connectivity index (χ3v) is 4.09. The fourth-order valence-corrected chi connectivity index (χ4v) is 2.66. The Balaban J connectivity index is 2.07. The molecule has 2 nitrogen and oxygen atoms in total. The second-order valence-electron chi connectivity index (χ2n) is 5.45. The van der Waals surface area contributed by atoms with Crippen molar-refractivity contribution in [3.63, 3.8) is 0 Å². The van der Waals surface area contributed by atoms with Gasteiger partial charge in [0.1, 0.15) is 0 Å². The van der Waals surface area contributed by atoms with Crippen LogP contribution in [0.2, 0.25) is 0 Å². The quantitative estimate of drug-likeness (QED) is 0.843. The molecule has 94 valence electrons. The molecule has 17 heavy (non-hydrogen) atoms. The van der Waals surface area contributed by atoms with Crippen molar-refractivity contribution in [2.45, 2.75) is 57.7 Å². The third-order valence-electron chi connectivity index (χ3n) is 4.09. The van der Waals surface area contributed by atoms with Gasteiger partial charge in [0.15, 0.2) is 0 Å². The van der Waals surface area contributed by atoms with Gasteiger partial charge in [0, 0.05) is 6.42 Å². The van der Waals surface area contributed by atoms with Gasteiger partial charge in [0.2, 0.25) is 0 Å². The minimum absolute atomic E-state index is 0.553. The van der Waals surface area contributed by atoms with Crippen LogP contribution in [0.25, 0.3) is 0 Å². The van der Waals surface area contributed by atoms with Crippen LogP contribution in [0.15, 0.2) is 18.2 Å². The third kappa shape index (κ3) is 2.70. The summed E-state index contributed by atoms with van der Waals surface area (Å²) in [5.41, 5.74) is 2.77. The molecule has 0 aliphatic heterocycles. The molecule has 1 aromatic carbocycles. The van der Waals surface area contributed by atoms with Crippen LogP contribution < -0.4 is 0 Å². The van der Waals surface area contributed by atoms with E-state index in [-0.39, 0.29) is 0 Å². The van der Waals surface area contributed by atoms with E-state index >= 15 is 0 Å². The molecule has 1 atom stereocenters. The van der Waals surface area contributed by atoms with E-state index in [1.807, 2.05) is 6.07 Å². The van der Waals surface area contributed by atoms with Gasteiger partial charge in [-0.15, -0.1) is 0 Å². The molecule has 0 saturated heterocycles. The Bertz CT molecular complexity index is 392. The normalized spacial score (nSPS) is 20.5. The zero-order valence-electron chi connectivity index (χ0n) is 10.7. The van der Waals surface area contributed by atoms with Gasteiger partial charge in [-0.05, 0) is 43.4 Å². The summed E-state index contributed by atoms with van der Waals surface area (Å²) in [5.74, 6) is 0. The average Bonchev–Trinajstić information content (AvgIpc) is 2.72. The summed E-state index contributed by atoms with van der Waals surface area (Å²) in [5, 5.41) is 20.5. The van der Waals surface area contributed by atoms with Crippen LogP contribution >= 0.6 is 0 Å². The van der Waals surface area contributed by atoms with E-state index in [1.165, 1.54) is 11.1 Å². The smallest absolute Gasteiger partial charge is 0.0908 e. The molecule has 1 aliphatic rings. The topological polar surface area (TPSA) is 40.5 Å². The van der Waals surface area contributed by atoms with Gasteiger partial charge < -0.3 is 10.2 Å². The summed E-state index contributed by atoms with van der Waals surface area (Å²) < 4.78 is 0. The minimum atomic E-state index is -0.848. The van der Waals surface area contributed by atoms with Crippen molar-refractivity contribution in [2.75, 3.05) is 0 Å². The average molecular weight is 234 g/mol. The largest absolute Gasteiger partial charge is 0.390 e. The lowest BCUT2D eigenvalue weighted by Gasteiger charge is -2.28. The molecule has 0 amide bonds. The van der Waals surface area contributed by atoms with E-state index < -0.39 is 11.7 Å². The number of hydrogen-bond donors (Lipinski definition) is 2. The van der Waals surface area contributed by atoms with Crippen LogP contribution in [0.4, 0.5) is 0 Å². The molecule has 2 rings (SSSR count). The Morgan fingerprint density at radius 3 is 2.41 bits per heavy atom. The highest BCUT2D eigenvalue weighted by molar-refractivity contribution is 5.30. The summed E-state index contributed by atoms with van der Waals surface area (Å²) >= 11 is 0. The molecule has 1 fully saturated rings. The van der Waals surface area contributed by atoms with Crippen molar-refractivity contribution in [3.05, 3.63) is 34.9 Å². The Morgan fingerprint density at radius 2 is 1.82 bits per heavy atom. The Hall–Kier alpha value is -0.860. The minimum Gasteiger partial charge on any atom is -0.390 e. The molecule has 1 unspecified atom stereocenters. The maximum absolute atomic E-state index is 10.3. The molecule has 0 bridgehead atoms. The molecule has 1 saturated carbocycles. The lowest BCUT2D eigenvalue weighted by molar-refractivity contribution is -0.0689. The Labute approximate surface area is 103 Å². The molecule has 1 aromatic rings. The number of aryl methyl sites for hydroxylation is 2. The van der Waals surface area contributed by atoms with Crippen molar-refractivity contribution < 1.29 is 10.2 Å². The molecule has 0 aromatic heterocycles. The summed E-state index contributed by atoms with van der Waals surface area (Å²) in [6, 6.07) is 6.23. The predicted octanol–water partition coefficient (Wildman–Crippen LogP) is 2.51. The summed E-state index contributed by atoms with van der Waals surface area (Å²) in [6.45, 7) is 4.16. The van der Waals surface area contributed by atoms with Crippen molar-refractivity contribution in [2.24, 2.45) is 0 Å². The standard InChI is InChI=1S/C15H22O2/c1-11-5-6-13(9-12(11)2)10-14(16)15(17)7-3-4-8-15/h5-6,9,14,16-17H,3-4,7-8,10H2,1-2H3. The van der Waals surface area contributed by atoms with Crippen molar-refractivity contribution in [1.29, 1.82) is 0 Å². The first-order valence-electron chi connectivity index (χ1n) is 6.48. The van der Waals surface area contributed by atoms with Gasteiger partial charge in [-0.2, -0.15) is 0 Å². The Kier molecular flexibility index (Phi) is 3.55. The van der Waals surface area contributed by atoms with Gasteiger partial charge in [-0.1, -0.05) is 31.0 Å². The van der Waals surface area contributed by atoms with Crippen molar-refractivity contribution in [3.8, 4) is 0 Å². The summed E-state index contributed by atoms with van der Waals surface area (Å²) in [7, 11) is 0. The fourth-order valence-electron chi connectivity index (χ4n) is 2.66. The van der Waals surface area contributed by atoms with E-state index in [4.69, 9.17) is 0 Å². The van der Waals surface area contributed by atoms with Crippen molar-refractivity contribution in [1.82, 2.24) is 0 Å². The summed E-state index contributed by atoms with van der Waals surface area (Å²) in [6.07, 6.45) is 3.45. The molecular formula is C15H22O2. The fraction of sp³-hybridized carbons (Fsp3) is 0.600. The van der Waals surface area contributed by atoms with Crippen LogP contribution in [-0.2, 0) is 6.42 Å². The first kappa shape index (κ1) is 12.6. The van der Waals surface area contributed by atoms with Crippen LogP contribution in [0.1, 0.15) is 42.4 Å². The first-order valence-corrected chi connectivity index (χ1v) is 6.48. The van der Waals surface area contributed by atoms with Gasteiger partial charge in [0.05, 0.1) is 11.7 Å². The first-order chi connectivity index (χ1) is 8.01. The molecular weight excluding hydrogens is 212 g/mol. The maximum atomic E-state index is 10.3. The monoisotopic (exact) mass is 234 g/mol. The highest BCUT2D eigenvalue weighted by atomic mass is 16.3. The van der Waals surface area contributed by atoms with E-state index in [9.17, 15) is 10.2 Å². The van der Waals surface area contributed by atoms with Crippen LogP contribution in [0, 0.1) is 13.8 Å². The van der Waals surface area contributed by atoms with Gasteiger partial charge >= 0.3 is 0 Å². The van der Waals surface area contributed by atoms with E-state index in [2.05, 4.69) is 26.0 Å². The van der Waals surface area contributed by atoms with E-state index in [1.54, 1.807) is 0 Å². The SMILES string of the molecule is Cc1ccc(CC(O)C2(O)CCCC2)cc1C. The number of rotatable bonds is 3. The predicted molar refractivity (Wildman–Crippen MR) is 69.0 cm³/mol. The van der Waals surface area contributed by atoms with Crippen LogP contribution in [-0.4, -0.2) is 21.9 Å². The van der Waals surface area contributed by atoms with Gasteiger partial charge in [-0.25, -0.2) is 0 Å². The van der Waals surface area contributed by atoms with Crippen molar-refractivity contribution >= 4 is 0 Å². The molecule has 2 heteroatoms.